The summed E-state index contributed by atoms with van der Waals surface area (Å²) in [4.78, 5) is 0. The summed E-state index contributed by atoms with van der Waals surface area (Å²) in [6.07, 6.45) is 15.6. The minimum atomic E-state index is -1.14. The van der Waals surface area contributed by atoms with Crippen LogP contribution in [0.4, 0.5) is 0 Å². The number of benzene rings is 1. The lowest BCUT2D eigenvalue weighted by atomic mass is 10.0. The molecule has 0 heterocycles. The van der Waals surface area contributed by atoms with Crippen LogP contribution in [-0.2, 0) is 6.42 Å². The van der Waals surface area contributed by atoms with Crippen molar-refractivity contribution in [3.63, 3.8) is 0 Å². The van der Waals surface area contributed by atoms with Crippen LogP contribution in [0.5, 0.6) is 0 Å². The number of halogens is 1. The minimum absolute atomic E-state index is 0. The predicted molar refractivity (Wildman–Crippen MR) is 105 cm³/mol. The lowest BCUT2D eigenvalue weighted by molar-refractivity contribution is -0.657. The third kappa shape index (κ3) is 16.8. The second-order valence-electron chi connectivity index (χ2n) is 7.26. The van der Waals surface area contributed by atoms with Crippen LogP contribution in [0.25, 0.3) is 0 Å². The van der Waals surface area contributed by atoms with E-state index < -0.39 is 6.29 Å². The first-order valence-electron chi connectivity index (χ1n) is 10.5. The van der Waals surface area contributed by atoms with E-state index in [4.69, 9.17) is 10.2 Å². The number of nitrogens with two attached hydrogens (primary N) is 1. The summed E-state index contributed by atoms with van der Waals surface area (Å²) in [7, 11) is 0. The van der Waals surface area contributed by atoms with Gasteiger partial charge < -0.3 is 27.9 Å². The molecule has 0 aliphatic heterocycles. The first-order chi connectivity index (χ1) is 12.3. The summed E-state index contributed by atoms with van der Waals surface area (Å²) in [6, 6.07) is 10.8. The molecule has 1 aromatic carbocycles. The Morgan fingerprint density at radius 1 is 0.654 bits per heavy atom. The van der Waals surface area contributed by atoms with Gasteiger partial charge in [0.2, 0.25) is 0 Å². The molecule has 4 heteroatoms. The molecule has 26 heavy (non-hydrogen) atoms. The van der Waals surface area contributed by atoms with Crippen molar-refractivity contribution in [3.8, 4) is 0 Å². The van der Waals surface area contributed by atoms with E-state index in [0.717, 1.165) is 13.1 Å². The van der Waals surface area contributed by atoms with Crippen molar-refractivity contribution in [3.05, 3.63) is 35.9 Å². The first-order valence-corrected chi connectivity index (χ1v) is 10.5. The highest BCUT2D eigenvalue weighted by atomic mass is 35.5. The van der Waals surface area contributed by atoms with Crippen LogP contribution in [-0.4, -0.2) is 29.6 Å². The number of hydrogen-bond acceptors (Lipinski definition) is 2. The van der Waals surface area contributed by atoms with Gasteiger partial charge in [0.1, 0.15) is 0 Å². The highest BCUT2D eigenvalue weighted by Gasteiger charge is 1.99. The highest BCUT2D eigenvalue weighted by Crippen LogP contribution is 2.12. The second-order valence-corrected chi connectivity index (χ2v) is 7.26. The van der Waals surface area contributed by atoms with E-state index in [9.17, 15) is 0 Å². The molecule has 0 saturated carbocycles. The van der Waals surface area contributed by atoms with Crippen molar-refractivity contribution in [2.45, 2.75) is 89.8 Å². The topological polar surface area (TPSA) is 57.1 Å². The number of quaternary nitrogens is 1. The maximum Gasteiger partial charge on any atom is 0.156 e. The zero-order valence-corrected chi connectivity index (χ0v) is 17.2. The second kappa shape index (κ2) is 19.2. The predicted octanol–water partition coefficient (Wildman–Crippen LogP) is 0.788. The van der Waals surface area contributed by atoms with E-state index in [-0.39, 0.29) is 12.4 Å². The fourth-order valence-electron chi connectivity index (χ4n) is 3.26. The molecule has 0 aliphatic rings. The highest BCUT2D eigenvalue weighted by molar-refractivity contribution is 5.14. The van der Waals surface area contributed by atoms with E-state index >= 15 is 0 Å². The molecular formula is C22H40ClNO2. The Hall–Kier alpha value is -0.610. The molecule has 0 bridgehead atoms. The van der Waals surface area contributed by atoms with Gasteiger partial charge in [-0.15, -0.1) is 0 Å². The van der Waals surface area contributed by atoms with Gasteiger partial charge in [0.15, 0.2) is 6.29 Å². The molecule has 0 saturated heterocycles. The van der Waals surface area contributed by atoms with Crippen molar-refractivity contribution in [1.82, 2.24) is 0 Å². The van der Waals surface area contributed by atoms with Crippen LogP contribution in [0.15, 0.2) is 30.3 Å². The van der Waals surface area contributed by atoms with E-state index in [0.29, 0.717) is 6.42 Å². The molecule has 0 aromatic heterocycles. The Labute approximate surface area is 167 Å². The Balaban J connectivity index is 0.00000625. The molecule has 0 radical (unpaired) electrons. The van der Waals surface area contributed by atoms with Gasteiger partial charge in [0.25, 0.3) is 0 Å². The molecule has 152 valence electrons. The smallest absolute Gasteiger partial charge is 0.156 e. The van der Waals surface area contributed by atoms with Crippen molar-refractivity contribution < 1.29 is 27.9 Å². The summed E-state index contributed by atoms with van der Waals surface area (Å²) >= 11 is 0. The van der Waals surface area contributed by atoms with Crippen LogP contribution < -0.4 is 17.7 Å². The van der Waals surface area contributed by atoms with Crippen molar-refractivity contribution in [1.29, 1.82) is 0 Å². The van der Waals surface area contributed by atoms with Crippen LogP contribution in [0.2, 0.25) is 0 Å². The number of unbranched alkanes of at least 4 members (excludes halogenated alkanes) is 10. The van der Waals surface area contributed by atoms with Crippen molar-refractivity contribution in [2.75, 3.05) is 13.1 Å². The molecule has 1 rings (SSSR count). The van der Waals surface area contributed by atoms with Crippen LogP contribution in [0.3, 0.4) is 0 Å². The Morgan fingerprint density at radius 3 is 1.69 bits per heavy atom. The van der Waals surface area contributed by atoms with Gasteiger partial charge in [-0.05, 0) is 31.2 Å². The Morgan fingerprint density at radius 2 is 1.15 bits per heavy atom. The summed E-state index contributed by atoms with van der Waals surface area (Å²) in [5.41, 5.74) is 1.48. The number of aliphatic hydroxyl groups is 2. The molecule has 0 fully saturated rings. The van der Waals surface area contributed by atoms with Crippen molar-refractivity contribution in [2.24, 2.45) is 0 Å². The van der Waals surface area contributed by atoms with Gasteiger partial charge in [-0.25, -0.2) is 0 Å². The normalized spacial score (nSPS) is 10.9. The van der Waals surface area contributed by atoms with Gasteiger partial charge in [-0.3, -0.25) is 0 Å². The third-order valence-corrected chi connectivity index (χ3v) is 4.85. The van der Waals surface area contributed by atoms with E-state index in [1.165, 1.54) is 82.6 Å². The lowest BCUT2D eigenvalue weighted by Gasteiger charge is -2.04. The van der Waals surface area contributed by atoms with Crippen LogP contribution in [0, 0.1) is 0 Å². The molecule has 0 unspecified atom stereocenters. The standard InChI is InChI=1S/C22H39NO2.ClH/c24-22(25)18-20-23-19-14-9-7-5-3-1-2-4-6-8-11-15-21-16-12-10-13-17-21;/h10,12-13,16-17,22-25H,1-9,11,14-15,18-20H2;1H. The van der Waals surface area contributed by atoms with E-state index in [1.807, 2.05) is 0 Å². The molecular weight excluding hydrogens is 346 g/mol. The largest absolute Gasteiger partial charge is 1.00 e. The average molecular weight is 386 g/mol. The minimum Gasteiger partial charge on any atom is -1.00 e. The average Bonchev–Trinajstić information content (AvgIpc) is 2.62. The van der Waals surface area contributed by atoms with Gasteiger partial charge in [0, 0.05) is 6.42 Å². The fourth-order valence-corrected chi connectivity index (χ4v) is 3.26. The quantitative estimate of drug-likeness (QED) is 0.274. The van der Waals surface area contributed by atoms with E-state index in [1.54, 1.807) is 0 Å². The van der Waals surface area contributed by atoms with Gasteiger partial charge in [0.05, 0.1) is 13.1 Å². The fraction of sp³-hybridized carbons (Fsp3) is 0.727. The van der Waals surface area contributed by atoms with Crippen LogP contribution >= 0.6 is 0 Å². The Kier molecular flexibility index (Phi) is 18.7. The summed E-state index contributed by atoms with van der Waals surface area (Å²) < 4.78 is 0. The monoisotopic (exact) mass is 385 g/mol. The molecule has 1 aromatic rings. The summed E-state index contributed by atoms with van der Waals surface area (Å²) in [5, 5.41) is 19.7. The molecule has 0 aliphatic carbocycles. The molecule has 0 atom stereocenters. The first kappa shape index (κ1) is 25.4. The summed E-state index contributed by atoms with van der Waals surface area (Å²) in [6.45, 7) is 1.94. The van der Waals surface area contributed by atoms with Gasteiger partial charge in [-0.2, -0.15) is 0 Å². The molecule has 0 amide bonds. The molecule has 0 spiro atoms. The zero-order valence-electron chi connectivity index (χ0n) is 16.4. The SMILES string of the molecule is OC(O)CC[NH2+]CCCCCCCCCCCCCc1ccccc1.[Cl-]. The Bertz CT molecular complexity index is 387. The number of rotatable bonds is 17. The maximum absolute atomic E-state index is 8.74. The number of aliphatic hydroxyl groups excluding tert-OH is 1. The molecule has 4 N–H and O–H groups in total. The lowest BCUT2D eigenvalue weighted by Crippen LogP contribution is -3.00. The van der Waals surface area contributed by atoms with Gasteiger partial charge in [-0.1, -0.05) is 81.7 Å². The number of hydrogen-bond donors (Lipinski definition) is 3. The molecule has 3 nitrogen and oxygen atoms in total. The zero-order chi connectivity index (χ0) is 18.0. The maximum atomic E-state index is 8.74. The number of aryl methyl sites for hydroxylation is 1. The third-order valence-electron chi connectivity index (χ3n) is 4.85. The van der Waals surface area contributed by atoms with Gasteiger partial charge >= 0.3 is 0 Å². The van der Waals surface area contributed by atoms with Crippen LogP contribution in [0.1, 0.15) is 82.6 Å². The van der Waals surface area contributed by atoms with Crippen molar-refractivity contribution >= 4 is 0 Å². The summed E-state index contributed by atoms with van der Waals surface area (Å²) in [5.74, 6) is 0. The van der Waals surface area contributed by atoms with E-state index in [2.05, 4.69) is 35.6 Å².